The summed E-state index contributed by atoms with van der Waals surface area (Å²) in [6, 6.07) is 14.8. The highest BCUT2D eigenvalue weighted by molar-refractivity contribution is 7.92. The lowest BCUT2D eigenvalue weighted by Crippen LogP contribution is -2.27. The number of aryl methyl sites for hydroxylation is 1. The van der Waals surface area contributed by atoms with Crippen molar-refractivity contribution in [3.05, 3.63) is 65.2 Å². The molecule has 0 aromatic heterocycles. The number of rotatable bonds is 5. The van der Waals surface area contributed by atoms with E-state index in [1.54, 1.807) is 7.05 Å². The maximum Gasteiger partial charge on any atom is 0.239 e. The first kappa shape index (κ1) is 15.5. The van der Waals surface area contributed by atoms with Gasteiger partial charge in [-0.15, -0.1) is 0 Å². The molecule has 2 rings (SSSR count). The van der Waals surface area contributed by atoms with Crippen molar-refractivity contribution in [1.82, 2.24) is 0 Å². The van der Waals surface area contributed by atoms with Crippen LogP contribution >= 0.6 is 0 Å². The summed E-state index contributed by atoms with van der Waals surface area (Å²) in [6.45, 7) is 2.42. The van der Waals surface area contributed by atoms with E-state index < -0.39 is 10.0 Å². The summed E-state index contributed by atoms with van der Waals surface area (Å²) in [5.74, 6) is -0.0256. The van der Waals surface area contributed by atoms with Crippen LogP contribution in [-0.2, 0) is 22.3 Å². The smallest absolute Gasteiger partial charge is 0.239 e. The molecule has 0 fully saturated rings. The largest absolute Gasteiger partial charge is 0.326 e. The first-order valence-corrected chi connectivity index (χ1v) is 8.34. The van der Waals surface area contributed by atoms with Gasteiger partial charge in [0.15, 0.2) is 0 Å². The topological polar surface area (TPSA) is 63.4 Å². The Morgan fingerprint density at radius 2 is 1.48 bits per heavy atom. The van der Waals surface area contributed by atoms with Crippen LogP contribution in [0.2, 0.25) is 0 Å². The van der Waals surface area contributed by atoms with Crippen LogP contribution in [-0.4, -0.2) is 15.5 Å². The van der Waals surface area contributed by atoms with E-state index in [9.17, 15) is 8.42 Å². The van der Waals surface area contributed by atoms with Gasteiger partial charge in [0, 0.05) is 13.6 Å². The molecule has 0 unspecified atom stereocenters. The lowest BCUT2D eigenvalue weighted by Gasteiger charge is -2.19. The molecule has 0 atom stereocenters. The van der Waals surface area contributed by atoms with Gasteiger partial charge in [-0.05, 0) is 30.2 Å². The zero-order valence-corrected chi connectivity index (χ0v) is 13.1. The fraction of sp³-hybridized carbons (Fsp3) is 0.250. The average Bonchev–Trinajstić information content (AvgIpc) is 2.48. The van der Waals surface area contributed by atoms with E-state index in [-0.39, 0.29) is 5.75 Å². The van der Waals surface area contributed by atoms with Gasteiger partial charge in [-0.3, -0.25) is 4.31 Å². The predicted molar refractivity (Wildman–Crippen MR) is 86.5 cm³/mol. The molecule has 5 heteroatoms. The van der Waals surface area contributed by atoms with Crippen molar-refractivity contribution in [3.8, 4) is 0 Å². The fourth-order valence-corrected chi connectivity index (χ4v) is 3.24. The molecule has 21 heavy (non-hydrogen) atoms. The minimum absolute atomic E-state index is 0.0256. The molecule has 0 aliphatic carbocycles. The number of hydrogen-bond donors (Lipinski definition) is 1. The first-order valence-electron chi connectivity index (χ1n) is 6.73. The molecular formula is C16H20N2O2S. The standard InChI is InChI=1S/C16H20N2O2S/c1-13-3-9-16(10-4-13)18(2)21(19,20)12-15-7-5-14(11-17)6-8-15/h3-10H,11-12,17H2,1-2H3. The van der Waals surface area contributed by atoms with Gasteiger partial charge in [-0.25, -0.2) is 8.42 Å². The SMILES string of the molecule is Cc1ccc(N(C)S(=O)(=O)Cc2ccc(CN)cc2)cc1. The molecule has 4 nitrogen and oxygen atoms in total. The minimum Gasteiger partial charge on any atom is -0.326 e. The molecule has 0 spiro atoms. The van der Waals surface area contributed by atoms with Crippen LogP contribution in [0.4, 0.5) is 5.69 Å². The molecule has 2 N–H and O–H groups in total. The summed E-state index contributed by atoms with van der Waals surface area (Å²) in [4.78, 5) is 0. The lowest BCUT2D eigenvalue weighted by atomic mass is 10.1. The van der Waals surface area contributed by atoms with Crippen LogP contribution in [0.3, 0.4) is 0 Å². The summed E-state index contributed by atoms with van der Waals surface area (Å²) in [5.41, 5.74) is 9.05. The summed E-state index contributed by atoms with van der Waals surface area (Å²) < 4.78 is 26.2. The predicted octanol–water partition coefficient (Wildman–Crippen LogP) is 2.42. The third kappa shape index (κ3) is 3.83. The van der Waals surface area contributed by atoms with Gasteiger partial charge in [0.25, 0.3) is 0 Å². The number of hydrogen-bond acceptors (Lipinski definition) is 3. The Morgan fingerprint density at radius 3 is 2.00 bits per heavy atom. The van der Waals surface area contributed by atoms with Gasteiger partial charge < -0.3 is 5.73 Å². The second-order valence-electron chi connectivity index (χ2n) is 5.08. The zero-order valence-electron chi connectivity index (χ0n) is 12.3. The van der Waals surface area contributed by atoms with Crippen molar-refractivity contribution in [2.24, 2.45) is 5.73 Å². The van der Waals surface area contributed by atoms with E-state index in [0.29, 0.717) is 12.2 Å². The third-order valence-corrected chi connectivity index (χ3v) is 5.17. The van der Waals surface area contributed by atoms with Gasteiger partial charge in [0.05, 0.1) is 11.4 Å². The Balaban J connectivity index is 2.18. The number of nitrogens with zero attached hydrogens (tertiary/aromatic N) is 1. The maximum absolute atomic E-state index is 12.4. The van der Waals surface area contributed by atoms with Crippen molar-refractivity contribution in [2.45, 2.75) is 19.2 Å². The Morgan fingerprint density at radius 1 is 0.952 bits per heavy atom. The molecule has 0 saturated carbocycles. The average molecular weight is 304 g/mol. The minimum atomic E-state index is -3.40. The van der Waals surface area contributed by atoms with E-state index >= 15 is 0 Å². The number of benzene rings is 2. The van der Waals surface area contributed by atoms with E-state index in [0.717, 1.165) is 16.7 Å². The Bertz CT molecular complexity index is 692. The van der Waals surface area contributed by atoms with E-state index in [1.807, 2.05) is 55.5 Å². The molecule has 2 aromatic carbocycles. The summed E-state index contributed by atoms with van der Waals surface area (Å²) in [5, 5.41) is 0. The number of sulfonamides is 1. The van der Waals surface area contributed by atoms with Crippen LogP contribution in [0.15, 0.2) is 48.5 Å². The molecule has 0 aliphatic rings. The van der Waals surface area contributed by atoms with Crippen LogP contribution in [0, 0.1) is 6.92 Å². The quantitative estimate of drug-likeness (QED) is 0.922. The first-order chi connectivity index (χ1) is 9.92. The normalized spacial score (nSPS) is 11.4. The van der Waals surface area contributed by atoms with Gasteiger partial charge in [-0.1, -0.05) is 42.0 Å². The number of anilines is 1. The molecule has 0 amide bonds. The van der Waals surface area contributed by atoms with Crippen LogP contribution in [0.25, 0.3) is 0 Å². The summed E-state index contributed by atoms with van der Waals surface area (Å²) in [6.07, 6.45) is 0. The summed E-state index contributed by atoms with van der Waals surface area (Å²) >= 11 is 0. The fourth-order valence-electron chi connectivity index (χ4n) is 1.99. The highest BCUT2D eigenvalue weighted by Gasteiger charge is 2.18. The zero-order chi connectivity index (χ0) is 15.5. The molecular weight excluding hydrogens is 284 g/mol. The second kappa shape index (κ2) is 6.28. The van der Waals surface area contributed by atoms with Crippen molar-refractivity contribution in [3.63, 3.8) is 0 Å². The van der Waals surface area contributed by atoms with Crippen molar-refractivity contribution < 1.29 is 8.42 Å². The molecule has 2 aromatic rings. The van der Waals surface area contributed by atoms with Crippen LogP contribution in [0.1, 0.15) is 16.7 Å². The monoisotopic (exact) mass is 304 g/mol. The van der Waals surface area contributed by atoms with E-state index in [4.69, 9.17) is 5.73 Å². The maximum atomic E-state index is 12.4. The van der Waals surface area contributed by atoms with E-state index in [1.165, 1.54) is 4.31 Å². The van der Waals surface area contributed by atoms with Crippen LogP contribution < -0.4 is 10.0 Å². The molecule has 0 saturated heterocycles. The highest BCUT2D eigenvalue weighted by atomic mass is 32.2. The Labute approximate surface area is 126 Å². The Hall–Kier alpha value is -1.85. The van der Waals surface area contributed by atoms with Crippen molar-refractivity contribution in [1.29, 1.82) is 0 Å². The molecule has 0 aliphatic heterocycles. The Kier molecular flexibility index (Phi) is 4.65. The highest BCUT2D eigenvalue weighted by Crippen LogP contribution is 2.19. The van der Waals surface area contributed by atoms with Gasteiger partial charge in [0.1, 0.15) is 0 Å². The van der Waals surface area contributed by atoms with E-state index in [2.05, 4.69) is 0 Å². The van der Waals surface area contributed by atoms with Gasteiger partial charge >= 0.3 is 0 Å². The summed E-state index contributed by atoms with van der Waals surface area (Å²) in [7, 11) is -1.82. The molecule has 112 valence electrons. The lowest BCUT2D eigenvalue weighted by molar-refractivity contribution is 0.593. The van der Waals surface area contributed by atoms with Crippen molar-refractivity contribution in [2.75, 3.05) is 11.4 Å². The molecule has 0 bridgehead atoms. The molecule has 0 radical (unpaired) electrons. The second-order valence-corrected chi connectivity index (χ2v) is 7.08. The van der Waals surface area contributed by atoms with Crippen molar-refractivity contribution >= 4 is 15.7 Å². The van der Waals surface area contributed by atoms with Crippen LogP contribution in [0.5, 0.6) is 0 Å². The van der Waals surface area contributed by atoms with Gasteiger partial charge in [0.2, 0.25) is 10.0 Å². The molecule has 0 heterocycles. The third-order valence-electron chi connectivity index (χ3n) is 3.42. The number of nitrogens with two attached hydrogens (primary N) is 1. The van der Waals surface area contributed by atoms with Gasteiger partial charge in [-0.2, -0.15) is 0 Å².